The van der Waals surface area contributed by atoms with Crippen LogP contribution in [0.3, 0.4) is 0 Å². The molecule has 4 nitrogen and oxygen atoms in total. The molecule has 0 unspecified atom stereocenters. The zero-order chi connectivity index (χ0) is 22.6. The second kappa shape index (κ2) is 9.01. The van der Waals surface area contributed by atoms with Gasteiger partial charge < -0.3 is 4.74 Å². The zero-order valence-corrected chi connectivity index (χ0v) is 17.8. The number of benzene rings is 3. The number of nitrogens with one attached hydrogen (secondary N) is 1. The molecule has 8 heteroatoms. The van der Waals surface area contributed by atoms with E-state index in [1.165, 1.54) is 24.3 Å². The van der Waals surface area contributed by atoms with Gasteiger partial charge in [-0.25, -0.2) is 8.42 Å². The number of anilines is 1. The average molecular weight is 449 g/mol. The highest BCUT2D eigenvalue weighted by Crippen LogP contribution is 2.33. The number of ether oxygens (including phenoxy) is 1. The van der Waals surface area contributed by atoms with Gasteiger partial charge in [0, 0.05) is 0 Å². The minimum atomic E-state index is -4.53. The van der Waals surface area contributed by atoms with Crippen LogP contribution in [-0.2, 0) is 22.6 Å². The van der Waals surface area contributed by atoms with Crippen molar-refractivity contribution in [2.24, 2.45) is 0 Å². The SMILES string of the molecule is CC(C)Oc1ccc(S(=O)(=O)Nc2ccc(C(F)(F)F)cc2Cc2ccccc2)cc1. The molecule has 0 radical (unpaired) electrons. The molecule has 0 aromatic heterocycles. The van der Waals surface area contributed by atoms with Crippen LogP contribution < -0.4 is 9.46 Å². The van der Waals surface area contributed by atoms with Crippen LogP contribution in [-0.4, -0.2) is 14.5 Å². The summed E-state index contributed by atoms with van der Waals surface area (Å²) in [5, 5.41) is 0. The van der Waals surface area contributed by atoms with E-state index in [1.807, 2.05) is 13.8 Å². The van der Waals surface area contributed by atoms with Crippen LogP contribution in [0.5, 0.6) is 5.75 Å². The first kappa shape index (κ1) is 22.7. The summed E-state index contributed by atoms with van der Waals surface area (Å²) in [7, 11) is -4.01. The molecule has 0 aliphatic rings. The number of alkyl halides is 3. The Bertz CT molecular complexity index is 1130. The average Bonchev–Trinajstić information content (AvgIpc) is 2.69. The van der Waals surface area contributed by atoms with E-state index in [2.05, 4.69) is 4.72 Å². The van der Waals surface area contributed by atoms with E-state index < -0.39 is 21.8 Å². The lowest BCUT2D eigenvalue weighted by atomic mass is 10.0. The Labute approximate surface area is 179 Å². The van der Waals surface area contributed by atoms with Crippen LogP contribution >= 0.6 is 0 Å². The fraction of sp³-hybridized carbons (Fsp3) is 0.217. The van der Waals surface area contributed by atoms with Crippen molar-refractivity contribution in [2.45, 2.75) is 37.4 Å². The molecule has 0 amide bonds. The highest BCUT2D eigenvalue weighted by molar-refractivity contribution is 7.92. The fourth-order valence-corrected chi connectivity index (χ4v) is 4.11. The maximum atomic E-state index is 13.2. The molecular weight excluding hydrogens is 427 g/mol. The van der Waals surface area contributed by atoms with Crippen molar-refractivity contribution in [1.29, 1.82) is 0 Å². The van der Waals surface area contributed by atoms with Crippen LogP contribution in [0.4, 0.5) is 18.9 Å². The smallest absolute Gasteiger partial charge is 0.416 e. The van der Waals surface area contributed by atoms with E-state index in [0.717, 1.165) is 23.8 Å². The lowest BCUT2D eigenvalue weighted by Gasteiger charge is -2.16. The third kappa shape index (κ3) is 6.01. The first-order valence-electron chi connectivity index (χ1n) is 9.58. The van der Waals surface area contributed by atoms with Crippen LogP contribution in [0.25, 0.3) is 0 Å². The van der Waals surface area contributed by atoms with Gasteiger partial charge in [-0.15, -0.1) is 0 Å². The summed E-state index contributed by atoms with van der Waals surface area (Å²) in [5.74, 6) is 0.522. The van der Waals surface area contributed by atoms with Crippen molar-refractivity contribution in [2.75, 3.05) is 4.72 Å². The molecule has 0 spiro atoms. The van der Waals surface area contributed by atoms with Crippen LogP contribution in [0, 0.1) is 0 Å². The molecule has 0 bridgehead atoms. The predicted octanol–water partition coefficient (Wildman–Crippen LogP) is 5.88. The van der Waals surface area contributed by atoms with Crippen LogP contribution in [0.15, 0.2) is 77.7 Å². The summed E-state index contributed by atoms with van der Waals surface area (Å²) in [6, 6.07) is 17.7. The number of halogens is 3. The molecule has 3 aromatic carbocycles. The Morgan fingerprint density at radius 1 is 0.935 bits per heavy atom. The van der Waals surface area contributed by atoms with Gasteiger partial charge in [0.1, 0.15) is 5.75 Å². The standard InChI is InChI=1S/C23H22F3NO3S/c1-16(2)30-20-9-11-21(12-10-20)31(28,29)27-22-13-8-19(23(24,25)26)15-18(22)14-17-6-4-3-5-7-17/h3-13,15-16,27H,14H2,1-2H3. The molecule has 0 aliphatic carbocycles. The van der Waals surface area contributed by atoms with E-state index in [9.17, 15) is 21.6 Å². The summed E-state index contributed by atoms with van der Waals surface area (Å²) >= 11 is 0. The summed E-state index contributed by atoms with van der Waals surface area (Å²) in [4.78, 5) is -0.0193. The fourth-order valence-electron chi connectivity index (χ4n) is 3.00. The molecule has 0 heterocycles. The highest BCUT2D eigenvalue weighted by atomic mass is 32.2. The number of hydrogen-bond donors (Lipinski definition) is 1. The van der Waals surface area contributed by atoms with Crippen molar-refractivity contribution < 1.29 is 26.3 Å². The van der Waals surface area contributed by atoms with Crippen molar-refractivity contribution in [3.8, 4) is 5.75 Å². The quantitative estimate of drug-likeness (QED) is 0.490. The Kier molecular flexibility index (Phi) is 6.59. The third-order valence-electron chi connectivity index (χ3n) is 4.42. The summed E-state index contributed by atoms with van der Waals surface area (Å²) in [6.07, 6.45) is -4.45. The Morgan fingerprint density at radius 3 is 2.16 bits per heavy atom. The van der Waals surface area contributed by atoms with Gasteiger partial charge in [-0.3, -0.25) is 4.72 Å². The zero-order valence-electron chi connectivity index (χ0n) is 17.0. The van der Waals surface area contributed by atoms with Crippen LogP contribution in [0.2, 0.25) is 0 Å². The van der Waals surface area contributed by atoms with Gasteiger partial charge in [0.05, 0.1) is 22.3 Å². The Morgan fingerprint density at radius 2 is 1.58 bits per heavy atom. The molecule has 0 saturated carbocycles. The summed E-state index contributed by atoms with van der Waals surface area (Å²) in [6.45, 7) is 3.70. The molecule has 31 heavy (non-hydrogen) atoms. The molecule has 0 atom stereocenters. The van der Waals surface area contributed by atoms with E-state index in [0.29, 0.717) is 5.75 Å². The van der Waals surface area contributed by atoms with Crippen molar-refractivity contribution in [3.05, 3.63) is 89.5 Å². The molecule has 3 rings (SSSR count). The molecule has 164 valence electrons. The maximum absolute atomic E-state index is 13.2. The number of rotatable bonds is 7. The molecule has 0 saturated heterocycles. The summed E-state index contributed by atoms with van der Waals surface area (Å²) in [5.41, 5.74) is 0.248. The Balaban J connectivity index is 1.93. The van der Waals surface area contributed by atoms with Crippen LogP contribution in [0.1, 0.15) is 30.5 Å². The van der Waals surface area contributed by atoms with Gasteiger partial charge >= 0.3 is 6.18 Å². The normalized spacial score (nSPS) is 12.1. The van der Waals surface area contributed by atoms with Gasteiger partial charge in [-0.2, -0.15) is 13.2 Å². The van der Waals surface area contributed by atoms with Gasteiger partial charge in [-0.1, -0.05) is 30.3 Å². The molecular formula is C23H22F3NO3S. The van der Waals surface area contributed by atoms with Gasteiger partial charge in [0.25, 0.3) is 10.0 Å². The monoisotopic (exact) mass is 449 g/mol. The topological polar surface area (TPSA) is 55.4 Å². The lowest BCUT2D eigenvalue weighted by Crippen LogP contribution is -2.15. The van der Waals surface area contributed by atoms with Crippen molar-refractivity contribution >= 4 is 15.7 Å². The van der Waals surface area contributed by atoms with Gasteiger partial charge in [0.15, 0.2) is 0 Å². The van der Waals surface area contributed by atoms with E-state index in [4.69, 9.17) is 4.74 Å². The number of sulfonamides is 1. The largest absolute Gasteiger partial charge is 0.491 e. The third-order valence-corrected chi connectivity index (χ3v) is 5.80. The molecule has 0 aliphatic heterocycles. The molecule has 3 aromatic rings. The minimum Gasteiger partial charge on any atom is -0.491 e. The molecule has 0 fully saturated rings. The van der Waals surface area contributed by atoms with Crippen molar-refractivity contribution in [1.82, 2.24) is 0 Å². The van der Waals surface area contributed by atoms with E-state index in [-0.39, 0.29) is 28.7 Å². The lowest BCUT2D eigenvalue weighted by molar-refractivity contribution is -0.137. The maximum Gasteiger partial charge on any atom is 0.416 e. The number of hydrogen-bond acceptors (Lipinski definition) is 3. The predicted molar refractivity (Wildman–Crippen MR) is 114 cm³/mol. The van der Waals surface area contributed by atoms with Gasteiger partial charge in [-0.05, 0) is 73.9 Å². The van der Waals surface area contributed by atoms with E-state index in [1.54, 1.807) is 30.3 Å². The van der Waals surface area contributed by atoms with Crippen molar-refractivity contribution in [3.63, 3.8) is 0 Å². The first-order chi connectivity index (χ1) is 14.5. The Hall–Kier alpha value is -3.00. The molecule has 1 N–H and O–H groups in total. The highest BCUT2D eigenvalue weighted by Gasteiger charge is 2.31. The second-order valence-corrected chi connectivity index (χ2v) is 8.96. The van der Waals surface area contributed by atoms with Gasteiger partial charge in [0.2, 0.25) is 0 Å². The summed E-state index contributed by atoms with van der Waals surface area (Å²) < 4.78 is 73.3. The van der Waals surface area contributed by atoms with E-state index >= 15 is 0 Å². The minimum absolute atomic E-state index is 0.0193. The second-order valence-electron chi connectivity index (χ2n) is 7.28. The first-order valence-corrected chi connectivity index (χ1v) is 11.1.